The lowest BCUT2D eigenvalue weighted by Crippen LogP contribution is -2.39. The van der Waals surface area contributed by atoms with Gasteiger partial charge in [0.15, 0.2) is 25.0 Å². The lowest BCUT2D eigenvalue weighted by Gasteiger charge is -2.27. The zero-order valence-corrected chi connectivity index (χ0v) is 19.6. The summed E-state index contributed by atoms with van der Waals surface area (Å²) in [6.45, 7) is 29.6. The van der Waals surface area contributed by atoms with Crippen molar-refractivity contribution in [1.29, 1.82) is 0 Å². The minimum Gasteiger partial charge on any atom is -0.456 e. The van der Waals surface area contributed by atoms with Gasteiger partial charge in [-0.1, -0.05) is 14.9 Å². The Bertz CT molecular complexity index is 182. The molecule has 0 aliphatic rings. The molecule has 6 heteroatoms. The normalized spacial score (nSPS) is 11.7. The van der Waals surface area contributed by atoms with Gasteiger partial charge in [-0.3, -0.25) is 0 Å². The van der Waals surface area contributed by atoms with Crippen LogP contribution in [0.5, 0.6) is 0 Å². The maximum Gasteiger partial charge on any atom is 0.256 e. The van der Waals surface area contributed by atoms with E-state index in [4.69, 9.17) is 8.91 Å². The molecule has 0 aromatic heterocycles. The molecule has 21 heavy (non-hydrogen) atoms. The summed E-state index contributed by atoms with van der Waals surface area (Å²) in [5.74, 6) is 0. The van der Waals surface area contributed by atoms with Crippen molar-refractivity contribution in [2.75, 3.05) is 0 Å². The second kappa shape index (κ2) is 12.1. The van der Waals surface area contributed by atoms with Crippen molar-refractivity contribution in [3.63, 3.8) is 0 Å². The van der Waals surface area contributed by atoms with E-state index < -0.39 is 33.0 Å². The van der Waals surface area contributed by atoms with Crippen molar-refractivity contribution in [1.82, 2.24) is 0 Å². The largest absolute Gasteiger partial charge is 0.456 e. The van der Waals surface area contributed by atoms with Crippen LogP contribution in [-0.2, 0) is 4.12 Å². The molecule has 0 aromatic carbocycles. The van der Waals surface area contributed by atoms with Gasteiger partial charge in [0, 0.05) is 6.55 Å². The molecular formula is C15H47O2Si4+. The zero-order chi connectivity index (χ0) is 16.7. The molecule has 0 amide bonds. The highest BCUT2D eigenvalue weighted by molar-refractivity contribution is 6.83. The Morgan fingerprint density at radius 3 is 0.714 bits per heavy atom. The van der Waals surface area contributed by atoms with Crippen LogP contribution >= 0.6 is 0 Å². The molecule has 134 valence electrons. The van der Waals surface area contributed by atoms with Crippen molar-refractivity contribution < 1.29 is 8.91 Å². The van der Waals surface area contributed by atoms with E-state index in [9.17, 15) is 0 Å². The molecule has 1 N–H and O–H groups in total. The maximum absolute atomic E-state index is 8.66. The topological polar surface area (TPSA) is 29.5 Å². The first-order chi connectivity index (χ1) is 7.71. The lowest BCUT2D eigenvalue weighted by molar-refractivity contribution is 0.558. The first-order valence-electron chi connectivity index (χ1n) is 6.99. The Labute approximate surface area is 142 Å². The highest BCUT2D eigenvalue weighted by Gasteiger charge is 2.24. The van der Waals surface area contributed by atoms with E-state index in [1.807, 2.05) is 19.6 Å². The summed E-state index contributed by atoms with van der Waals surface area (Å²) >= 11 is 0. The Kier molecular flexibility index (Phi) is 19.2. The molecule has 0 saturated heterocycles. The Morgan fingerprint density at radius 1 is 0.619 bits per heavy atom. The smallest absolute Gasteiger partial charge is 0.256 e. The zero-order valence-electron chi connectivity index (χ0n) is 15.6. The second-order valence-corrected chi connectivity index (χ2v) is 27.8. The van der Waals surface area contributed by atoms with Crippen molar-refractivity contribution in [3.05, 3.63) is 6.55 Å². The molecule has 0 aliphatic heterocycles. The molecule has 0 fully saturated rings. The van der Waals surface area contributed by atoms with Crippen LogP contribution in [0.2, 0.25) is 78.6 Å². The van der Waals surface area contributed by atoms with Crippen molar-refractivity contribution in [2.45, 2.75) is 93.4 Å². The first kappa shape index (κ1) is 33.3. The molecule has 0 aromatic rings. The summed E-state index contributed by atoms with van der Waals surface area (Å²) in [6, 6.07) is 0. The maximum atomic E-state index is 8.66. The summed E-state index contributed by atoms with van der Waals surface area (Å²) in [5, 5.41) is 0. The molecule has 0 saturated carbocycles. The molecule has 2 nitrogen and oxygen atoms in total. The average molecular weight is 372 g/mol. The Hall–Kier alpha value is 0.658. The van der Waals surface area contributed by atoms with Gasteiger partial charge in [0.05, 0.1) is 0 Å². The van der Waals surface area contributed by atoms with Crippen LogP contribution in [0.4, 0.5) is 0 Å². The number of rotatable bonds is 2. The van der Waals surface area contributed by atoms with E-state index in [-0.39, 0.29) is 14.9 Å². The van der Waals surface area contributed by atoms with Crippen molar-refractivity contribution >= 4 is 33.0 Å². The van der Waals surface area contributed by atoms with E-state index in [1.54, 1.807) is 0 Å². The predicted molar refractivity (Wildman–Crippen MR) is 116 cm³/mol. The molecule has 0 atom stereocenters. The van der Waals surface area contributed by atoms with Gasteiger partial charge in [0.25, 0.3) is 8.07 Å². The van der Waals surface area contributed by atoms with Gasteiger partial charge in [-0.15, -0.1) is 0 Å². The van der Waals surface area contributed by atoms with Crippen molar-refractivity contribution in [2.24, 2.45) is 0 Å². The first-order valence-corrected chi connectivity index (χ1v) is 21.0. The van der Waals surface area contributed by atoms with Gasteiger partial charge in [0.1, 0.15) is 0 Å². The quantitative estimate of drug-likeness (QED) is 0.446. The summed E-state index contributed by atoms with van der Waals surface area (Å²) in [4.78, 5) is 8.66. The van der Waals surface area contributed by atoms with Crippen LogP contribution in [0.3, 0.4) is 0 Å². The van der Waals surface area contributed by atoms with E-state index in [0.29, 0.717) is 0 Å². The fraction of sp³-hybridized carbons (Fsp3) is 0.933. The SMILES string of the molecule is C.C.C[Si](C)(C)O.C[Si](C)(C)O[Si](C)(C)C.[CH2+][Si](C)(C)C. The minimum absolute atomic E-state index is 0. The van der Waals surface area contributed by atoms with Gasteiger partial charge in [-0.05, 0) is 78.6 Å². The summed E-state index contributed by atoms with van der Waals surface area (Å²) in [6.07, 6.45) is 0. The van der Waals surface area contributed by atoms with Crippen LogP contribution in [0.25, 0.3) is 0 Å². The van der Waals surface area contributed by atoms with E-state index in [0.717, 1.165) is 0 Å². The average Bonchev–Trinajstić information content (AvgIpc) is 1.63. The number of hydrogen-bond donors (Lipinski definition) is 1. The standard InChI is InChI=1S/C6H18OSi2.C4H11Si.C3H10OSi.2CH4/c1-8(2,3)7-9(4,5)6;2*1-5(2,3)4;;/h1-6H3;1H2,2-4H3;4H,1-3H3;2*1H4/q;+1;;;. The highest BCUT2D eigenvalue weighted by Crippen LogP contribution is 2.12. The Balaban J connectivity index is -0.0000000622. The van der Waals surface area contributed by atoms with E-state index in [1.165, 1.54) is 0 Å². The van der Waals surface area contributed by atoms with Gasteiger partial charge in [-0.25, -0.2) is 0 Å². The fourth-order valence-electron chi connectivity index (χ4n) is 0.919. The van der Waals surface area contributed by atoms with Gasteiger partial charge >= 0.3 is 0 Å². The summed E-state index contributed by atoms with van der Waals surface area (Å²) < 4.78 is 5.90. The summed E-state index contributed by atoms with van der Waals surface area (Å²) in [5.41, 5.74) is 0. The molecule has 0 unspecified atom stereocenters. The molecule has 0 radical (unpaired) electrons. The third-order valence-electron chi connectivity index (χ3n) is 0.612. The monoisotopic (exact) mass is 371 g/mol. The third kappa shape index (κ3) is 162. The van der Waals surface area contributed by atoms with Gasteiger partial charge in [-0.2, -0.15) is 0 Å². The van der Waals surface area contributed by atoms with E-state index >= 15 is 0 Å². The molecule has 0 spiro atoms. The predicted octanol–water partition coefficient (Wildman–Crippen LogP) is 6.46. The van der Waals surface area contributed by atoms with Crippen LogP contribution < -0.4 is 0 Å². The minimum atomic E-state index is -1.61. The Morgan fingerprint density at radius 2 is 0.714 bits per heavy atom. The summed E-state index contributed by atoms with van der Waals surface area (Å²) in [7, 11) is -4.93. The highest BCUT2D eigenvalue weighted by atomic mass is 28.4. The van der Waals surface area contributed by atoms with Gasteiger partial charge < -0.3 is 8.91 Å². The third-order valence-corrected chi connectivity index (χ3v) is 5.51. The van der Waals surface area contributed by atoms with Crippen LogP contribution in [0.15, 0.2) is 0 Å². The van der Waals surface area contributed by atoms with Crippen LogP contribution in [0, 0.1) is 6.55 Å². The lowest BCUT2D eigenvalue weighted by atomic mass is 11.8. The number of hydrogen-bond acceptors (Lipinski definition) is 2. The van der Waals surface area contributed by atoms with Crippen molar-refractivity contribution in [3.8, 4) is 0 Å². The molecule has 0 rings (SSSR count). The fourth-order valence-corrected chi connectivity index (χ4v) is 8.27. The molecular weight excluding hydrogens is 325 g/mol. The molecule has 0 heterocycles. The second-order valence-electron chi connectivity index (χ2n) is 9.06. The molecule has 0 bridgehead atoms. The van der Waals surface area contributed by atoms with Gasteiger partial charge in [0.2, 0.25) is 0 Å². The molecule has 0 aliphatic carbocycles. The van der Waals surface area contributed by atoms with Crippen LogP contribution in [-0.4, -0.2) is 37.8 Å². The van der Waals surface area contributed by atoms with Crippen LogP contribution in [0.1, 0.15) is 14.9 Å². The van der Waals surface area contributed by atoms with E-state index in [2.05, 4.69) is 65.5 Å².